The van der Waals surface area contributed by atoms with Gasteiger partial charge in [0.25, 0.3) is 7.82 Å². The van der Waals surface area contributed by atoms with Crippen LogP contribution in [0.4, 0.5) is 0 Å². The Bertz CT molecular complexity index is 1100. The third kappa shape index (κ3) is 41.6. The van der Waals surface area contributed by atoms with Crippen LogP contribution >= 0.6 is 7.82 Å². The number of hydrogen-bond acceptors (Lipinski definition) is 8. The third-order valence-electron chi connectivity index (χ3n) is 9.36. The molecular weight excluding hydrogens is 725 g/mol. The molecule has 0 N–H and O–H groups in total. The van der Waals surface area contributed by atoms with Gasteiger partial charge in [-0.15, -0.1) is 0 Å². The fourth-order valence-corrected chi connectivity index (χ4v) is 6.61. The largest absolute Gasteiger partial charge is 0.756 e. The minimum atomic E-state index is -4.62. The van der Waals surface area contributed by atoms with E-state index in [2.05, 4.69) is 62.5 Å². The lowest BCUT2D eigenvalue weighted by Gasteiger charge is -2.28. The standard InChI is InChI=1S/C46H84NO8P/c1-6-8-10-12-14-16-18-19-20-21-22-23-24-25-26-27-29-31-33-35-37-39-46(49)55-44(43-54-56(50,51)53-41-40-47(3,4)5)42-52-45(48)38-36-34-32-30-28-17-15-13-11-9-7-2/h8,10,14,16,19-20,22-23,44H,6-7,9,11-13,15,17-18,21,24-43H2,1-5H3/b10-8-,16-14-,20-19-,23-22-. The zero-order valence-electron chi connectivity index (χ0n) is 36.6. The summed E-state index contributed by atoms with van der Waals surface area (Å²) in [5.74, 6) is -0.844. The van der Waals surface area contributed by atoms with Crippen LogP contribution in [0.5, 0.6) is 0 Å². The number of likely N-dealkylation sites (N-methyl/N-ethyl adjacent to an activating group) is 1. The number of phosphoric acid groups is 1. The lowest BCUT2D eigenvalue weighted by molar-refractivity contribution is -0.870. The molecule has 0 amide bonds. The predicted octanol–water partition coefficient (Wildman–Crippen LogP) is 12.1. The highest BCUT2D eigenvalue weighted by atomic mass is 31.2. The maximum atomic E-state index is 12.7. The minimum absolute atomic E-state index is 0.0330. The van der Waals surface area contributed by atoms with Crippen LogP contribution in [0.1, 0.15) is 181 Å². The second-order valence-electron chi connectivity index (χ2n) is 16.0. The van der Waals surface area contributed by atoms with Crippen LogP contribution in [0.2, 0.25) is 0 Å². The molecule has 0 saturated heterocycles. The van der Waals surface area contributed by atoms with Gasteiger partial charge in [-0.05, 0) is 51.4 Å². The van der Waals surface area contributed by atoms with E-state index >= 15 is 0 Å². The number of phosphoric ester groups is 1. The monoisotopic (exact) mass is 810 g/mol. The van der Waals surface area contributed by atoms with E-state index in [1.807, 2.05) is 21.1 Å². The van der Waals surface area contributed by atoms with E-state index in [4.69, 9.17) is 18.5 Å². The molecule has 0 spiro atoms. The van der Waals surface area contributed by atoms with E-state index in [0.717, 1.165) is 70.6 Å². The zero-order valence-corrected chi connectivity index (χ0v) is 37.5. The molecule has 2 atom stereocenters. The van der Waals surface area contributed by atoms with Crippen molar-refractivity contribution < 1.29 is 42.1 Å². The molecule has 0 aromatic carbocycles. The van der Waals surface area contributed by atoms with Crippen molar-refractivity contribution in [3.8, 4) is 0 Å². The van der Waals surface area contributed by atoms with Crippen molar-refractivity contribution in [2.75, 3.05) is 47.5 Å². The first-order valence-corrected chi connectivity index (χ1v) is 23.8. The number of allylic oxidation sites excluding steroid dienone is 8. The number of carbonyl (C=O) groups is 2. The van der Waals surface area contributed by atoms with E-state index < -0.39 is 26.5 Å². The summed E-state index contributed by atoms with van der Waals surface area (Å²) in [6.45, 7) is 4.09. The van der Waals surface area contributed by atoms with Crippen LogP contribution in [0.15, 0.2) is 48.6 Å². The molecule has 0 heterocycles. The summed E-state index contributed by atoms with van der Waals surface area (Å²) in [4.78, 5) is 37.5. The quantitative estimate of drug-likeness (QED) is 0.0198. The van der Waals surface area contributed by atoms with E-state index in [0.29, 0.717) is 17.4 Å². The molecule has 0 aromatic rings. The summed E-state index contributed by atoms with van der Waals surface area (Å²) in [5.41, 5.74) is 0. The number of unbranched alkanes of at least 4 members (excludes halogenated alkanes) is 18. The Morgan fingerprint density at radius 1 is 0.571 bits per heavy atom. The summed E-state index contributed by atoms with van der Waals surface area (Å²) >= 11 is 0. The predicted molar refractivity (Wildman–Crippen MR) is 231 cm³/mol. The van der Waals surface area contributed by atoms with Crippen LogP contribution in [-0.2, 0) is 32.7 Å². The Hall–Kier alpha value is -2.03. The lowest BCUT2D eigenvalue weighted by atomic mass is 10.1. The molecule has 0 aliphatic heterocycles. The Labute approximate surface area is 343 Å². The van der Waals surface area contributed by atoms with Crippen molar-refractivity contribution in [1.29, 1.82) is 0 Å². The number of hydrogen-bond donors (Lipinski definition) is 0. The smallest absolute Gasteiger partial charge is 0.306 e. The molecule has 0 fully saturated rings. The molecule has 0 radical (unpaired) electrons. The molecule has 0 rings (SSSR count). The Balaban J connectivity index is 4.31. The van der Waals surface area contributed by atoms with E-state index in [1.54, 1.807) is 0 Å². The molecule has 0 aromatic heterocycles. The third-order valence-corrected chi connectivity index (χ3v) is 10.3. The highest BCUT2D eigenvalue weighted by molar-refractivity contribution is 7.45. The summed E-state index contributed by atoms with van der Waals surface area (Å²) in [5, 5.41) is 0. The number of nitrogens with zero attached hydrogens (tertiary/aromatic N) is 1. The average Bonchev–Trinajstić information content (AvgIpc) is 3.15. The van der Waals surface area contributed by atoms with E-state index in [-0.39, 0.29) is 32.0 Å². The summed E-state index contributed by atoms with van der Waals surface area (Å²) in [6.07, 6.45) is 44.2. The van der Waals surface area contributed by atoms with Gasteiger partial charge in [0.15, 0.2) is 6.10 Å². The molecule has 56 heavy (non-hydrogen) atoms. The Kier molecular flexibility index (Phi) is 37.1. The highest BCUT2D eigenvalue weighted by Gasteiger charge is 2.21. The molecule has 2 unspecified atom stereocenters. The second-order valence-corrected chi connectivity index (χ2v) is 17.4. The van der Waals surface area contributed by atoms with Crippen molar-refractivity contribution in [2.24, 2.45) is 0 Å². The highest BCUT2D eigenvalue weighted by Crippen LogP contribution is 2.38. The van der Waals surface area contributed by atoms with Gasteiger partial charge in [0.1, 0.15) is 19.8 Å². The van der Waals surface area contributed by atoms with Crippen LogP contribution in [-0.4, -0.2) is 70.0 Å². The Morgan fingerprint density at radius 2 is 1.02 bits per heavy atom. The van der Waals surface area contributed by atoms with Crippen molar-refractivity contribution >= 4 is 19.8 Å². The van der Waals surface area contributed by atoms with Gasteiger partial charge in [0.2, 0.25) is 0 Å². The first-order chi connectivity index (χ1) is 27.0. The van der Waals surface area contributed by atoms with Gasteiger partial charge >= 0.3 is 11.9 Å². The van der Waals surface area contributed by atoms with Crippen molar-refractivity contribution in [1.82, 2.24) is 0 Å². The van der Waals surface area contributed by atoms with Crippen LogP contribution in [0.25, 0.3) is 0 Å². The summed E-state index contributed by atoms with van der Waals surface area (Å²) in [6, 6.07) is 0. The minimum Gasteiger partial charge on any atom is -0.756 e. The number of ether oxygens (including phenoxy) is 2. The zero-order chi connectivity index (χ0) is 41.4. The average molecular weight is 810 g/mol. The fourth-order valence-electron chi connectivity index (χ4n) is 5.88. The summed E-state index contributed by atoms with van der Waals surface area (Å²) < 4.78 is 33.9. The molecule has 0 aliphatic rings. The van der Waals surface area contributed by atoms with E-state index in [1.165, 1.54) is 77.0 Å². The van der Waals surface area contributed by atoms with Crippen LogP contribution in [0, 0.1) is 0 Å². The van der Waals surface area contributed by atoms with Gasteiger partial charge in [-0.1, -0.05) is 165 Å². The molecular formula is C46H84NO8P. The molecule has 0 aliphatic carbocycles. The second kappa shape index (κ2) is 38.5. The van der Waals surface area contributed by atoms with Gasteiger partial charge in [0.05, 0.1) is 27.7 Å². The lowest BCUT2D eigenvalue weighted by Crippen LogP contribution is -2.37. The van der Waals surface area contributed by atoms with Gasteiger partial charge in [-0.2, -0.15) is 0 Å². The van der Waals surface area contributed by atoms with E-state index in [9.17, 15) is 19.0 Å². The summed E-state index contributed by atoms with van der Waals surface area (Å²) in [7, 11) is 1.16. The number of esters is 2. The fraction of sp³-hybridized carbons (Fsp3) is 0.783. The number of quaternary nitrogens is 1. The van der Waals surface area contributed by atoms with Gasteiger partial charge < -0.3 is 27.9 Å². The molecule has 0 saturated carbocycles. The van der Waals surface area contributed by atoms with Crippen LogP contribution < -0.4 is 4.89 Å². The topological polar surface area (TPSA) is 111 Å². The number of carbonyl (C=O) groups excluding carboxylic acids is 2. The van der Waals surface area contributed by atoms with Crippen molar-refractivity contribution in [3.05, 3.63) is 48.6 Å². The Morgan fingerprint density at radius 3 is 1.52 bits per heavy atom. The maximum absolute atomic E-state index is 12.7. The molecule has 0 bridgehead atoms. The van der Waals surface area contributed by atoms with Gasteiger partial charge in [-0.3, -0.25) is 14.2 Å². The number of rotatable bonds is 40. The SMILES string of the molecule is CC/C=C\C/C=C\C/C=C\C/C=C\CCCCCCCCCCC(=O)OC(COC(=O)CCCCCCCCCCCCC)COP(=O)([O-])OCC[N+](C)(C)C. The molecule has 9 nitrogen and oxygen atoms in total. The maximum Gasteiger partial charge on any atom is 0.306 e. The van der Waals surface area contributed by atoms with Gasteiger partial charge in [0, 0.05) is 12.8 Å². The van der Waals surface area contributed by atoms with Crippen LogP contribution in [0.3, 0.4) is 0 Å². The first kappa shape index (κ1) is 54.0. The van der Waals surface area contributed by atoms with Crippen molar-refractivity contribution in [2.45, 2.75) is 187 Å². The van der Waals surface area contributed by atoms with Gasteiger partial charge in [-0.25, -0.2) is 0 Å². The first-order valence-electron chi connectivity index (χ1n) is 22.3. The van der Waals surface area contributed by atoms with Crippen molar-refractivity contribution in [3.63, 3.8) is 0 Å². The normalized spacial score (nSPS) is 14.0. The molecule has 10 heteroatoms. The molecule has 326 valence electrons.